The minimum absolute atomic E-state index is 0.0150. The van der Waals surface area contributed by atoms with Crippen molar-refractivity contribution in [2.75, 3.05) is 0 Å². The first-order valence-electron chi connectivity index (χ1n) is 38.4. The van der Waals surface area contributed by atoms with Gasteiger partial charge < -0.3 is 22.8 Å². The molecule has 0 bridgehead atoms. The van der Waals surface area contributed by atoms with E-state index < -0.39 is 0 Å². The fraction of sp³-hybridized carbons (Fsp3) is 0. The Balaban J connectivity index is 0.000000108. The van der Waals surface area contributed by atoms with E-state index in [1.807, 2.05) is 193 Å². The number of aromatic nitrogens is 6. The van der Waals surface area contributed by atoms with Crippen molar-refractivity contribution in [3.05, 3.63) is 441 Å². The summed E-state index contributed by atoms with van der Waals surface area (Å²) in [5.41, 5.74) is 18.7. The highest BCUT2D eigenvalue weighted by Crippen LogP contribution is 2.42. The molecule has 9 heteroatoms. The van der Waals surface area contributed by atoms with Crippen LogP contribution in [-0.4, -0.2) is 44.9 Å². The summed E-state index contributed by atoms with van der Waals surface area (Å²) in [5.74, 6) is 0.0398. The van der Waals surface area contributed by atoms with Crippen LogP contribution in [0.2, 0.25) is 0 Å². The highest BCUT2D eigenvalue weighted by Gasteiger charge is 2.24. The first-order valence-corrected chi connectivity index (χ1v) is 38.4. The average Bonchev–Trinajstić information content (AvgIpc) is 1.59. The number of nitrogens with zero attached hydrogens (tertiary/aromatic N) is 6. The smallest absolute Gasteiger partial charge is 0.262 e. The monoisotopic (exact) mass is 1460 g/mol. The number of hydrogen-bond acceptors (Lipinski definition) is 3. The normalized spacial score (nSPS) is 11.6. The van der Waals surface area contributed by atoms with E-state index in [0.29, 0.717) is 27.8 Å². The van der Waals surface area contributed by atoms with Crippen LogP contribution in [0.5, 0.6) is 0 Å². The lowest BCUT2D eigenvalue weighted by Gasteiger charge is -2.11. The van der Waals surface area contributed by atoms with Gasteiger partial charge >= 0.3 is 0 Å². The maximum atomic E-state index is 13.9. The molecular weight excluding hydrogens is 1390 g/mol. The molecule has 0 amide bonds. The van der Waals surface area contributed by atoms with Crippen LogP contribution < -0.4 is 0 Å². The van der Waals surface area contributed by atoms with Crippen LogP contribution >= 0.6 is 0 Å². The van der Waals surface area contributed by atoms with Crippen LogP contribution in [0.4, 0.5) is 0 Å². The van der Waals surface area contributed by atoms with Gasteiger partial charge in [-0.1, -0.05) is 224 Å². The lowest BCUT2D eigenvalue weighted by atomic mass is 9.99. The number of carbonyl (C=O) groups is 3. The molecule has 0 atom stereocenters. The summed E-state index contributed by atoms with van der Waals surface area (Å²) in [5, 5.41) is 17.2. The second-order valence-electron chi connectivity index (χ2n) is 29.0. The molecule has 0 radical (unpaired) electrons. The van der Waals surface area contributed by atoms with Crippen molar-refractivity contribution in [1.29, 1.82) is 0 Å². The van der Waals surface area contributed by atoms with E-state index in [2.05, 4.69) is 248 Å². The predicted molar refractivity (Wildman–Crippen MR) is 470 cm³/mol. The van der Waals surface area contributed by atoms with Gasteiger partial charge in [-0.25, -0.2) is 0 Å². The first-order chi connectivity index (χ1) is 56.3. The molecule has 0 fully saturated rings. The summed E-state index contributed by atoms with van der Waals surface area (Å²) in [4.78, 5) is 40.9. The quantitative estimate of drug-likeness (QED) is 0.128. The van der Waals surface area contributed by atoms with Crippen molar-refractivity contribution in [3.63, 3.8) is 0 Å². The summed E-state index contributed by atoms with van der Waals surface area (Å²) in [6, 6.07) is 134. The van der Waals surface area contributed by atoms with Gasteiger partial charge in [0.05, 0.1) is 49.7 Å². The van der Waals surface area contributed by atoms with Crippen molar-refractivity contribution in [3.8, 4) is 28.4 Å². The van der Waals surface area contributed by atoms with E-state index in [0.717, 1.165) is 116 Å². The fourth-order valence-electron chi connectivity index (χ4n) is 17.3. The molecule has 23 rings (SSSR count). The maximum absolute atomic E-state index is 13.9. The fourth-order valence-corrected chi connectivity index (χ4v) is 17.3. The van der Waals surface area contributed by atoms with Gasteiger partial charge in [-0.3, -0.25) is 19.0 Å². The summed E-state index contributed by atoms with van der Waals surface area (Å²) in [6.45, 7) is 0. The zero-order valence-electron chi connectivity index (χ0n) is 61.7. The van der Waals surface area contributed by atoms with Gasteiger partial charge in [0.2, 0.25) is 0 Å². The lowest BCUT2D eigenvalue weighted by Crippen LogP contribution is -2.11. The predicted octanol–water partition coefficient (Wildman–Crippen LogP) is 25.8. The van der Waals surface area contributed by atoms with Gasteiger partial charge in [-0.2, -0.15) is 0 Å². The molecule has 536 valence electrons. The van der Waals surface area contributed by atoms with Crippen LogP contribution in [0, 0.1) is 0 Å². The van der Waals surface area contributed by atoms with E-state index in [4.69, 9.17) is 0 Å². The van der Waals surface area contributed by atoms with Crippen molar-refractivity contribution < 1.29 is 14.4 Å². The molecule has 17 aromatic carbocycles. The minimum atomic E-state index is -0.0150. The number of rotatable bonds is 10. The Labute approximate surface area is 654 Å². The SMILES string of the molecule is O=C(c1ccc(-n2c3ccccc3c3c4ccn(-c5ccccc5)c4ccc32)cc1)c1ccc2ccccc2c1.O=C(c1ccc2ccccc2c1)n1c2ccccc2c2c3ccn(-c4ccccc4)c3ccc21.O=C(c1cccc(-n2c3ccccc3c3c4ccn(-c5ccccc5)c4ccc32)c1)c1ccc2ccccc2c1. The first kappa shape index (κ1) is 66.7. The molecule has 0 saturated heterocycles. The minimum Gasteiger partial charge on any atom is -0.317 e. The standard InChI is InChI=1S/2C37H24N2O.C31H20N2O/c40-37(28-18-17-25-9-4-5-10-26(25)23-28)27-11-8-14-30(24-27)39-34-16-7-6-15-31(34)36-32-21-22-38(29-12-2-1-3-13-29)33(32)19-20-35(36)39;40-37(28-15-14-25-8-4-5-9-27(25)24-28)26-16-18-30(19-17-26)39-34-13-7-6-12-31(34)36-32-22-23-38(29-10-2-1-3-11-29)33(32)20-21-35(36)39;34-31(23-15-14-21-8-4-5-9-22(21)20-23)33-28-13-7-6-12-25(28)30-26-18-19-32(24-10-2-1-3-11-24)27(26)16-17-29(30)33/h2*1-24H;1-20H. The molecule has 0 spiro atoms. The van der Waals surface area contributed by atoms with Crippen molar-refractivity contribution >= 4 is 148 Å². The lowest BCUT2D eigenvalue weighted by molar-refractivity contribution is 0.0968. The van der Waals surface area contributed by atoms with E-state index >= 15 is 0 Å². The molecule has 0 saturated carbocycles. The third kappa shape index (κ3) is 11.3. The summed E-state index contributed by atoms with van der Waals surface area (Å²) < 4.78 is 13.1. The van der Waals surface area contributed by atoms with E-state index in [9.17, 15) is 14.4 Å². The molecule has 6 aromatic heterocycles. The second-order valence-corrected chi connectivity index (χ2v) is 29.0. The number of benzene rings is 17. The van der Waals surface area contributed by atoms with Gasteiger partial charge in [0.15, 0.2) is 11.6 Å². The van der Waals surface area contributed by atoms with Crippen LogP contribution in [0.3, 0.4) is 0 Å². The van der Waals surface area contributed by atoms with Crippen LogP contribution in [-0.2, 0) is 0 Å². The number of hydrogen-bond donors (Lipinski definition) is 0. The molecule has 0 unspecified atom stereocenters. The summed E-state index contributed by atoms with van der Waals surface area (Å²) in [6.07, 6.45) is 6.41. The van der Waals surface area contributed by atoms with Gasteiger partial charge in [-0.15, -0.1) is 0 Å². The third-order valence-corrected chi connectivity index (χ3v) is 22.6. The Morgan fingerprint density at radius 2 is 0.500 bits per heavy atom. The Hall–Kier alpha value is -15.5. The Morgan fingerprint density at radius 1 is 0.184 bits per heavy atom. The van der Waals surface area contributed by atoms with Gasteiger partial charge in [0.1, 0.15) is 0 Å². The van der Waals surface area contributed by atoms with Crippen molar-refractivity contribution in [2.45, 2.75) is 0 Å². The van der Waals surface area contributed by atoms with E-state index in [-0.39, 0.29) is 17.5 Å². The van der Waals surface area contributed by atoms with Crippen molar-refractivity contribution in [2.24, 2.45) is 0 Å². The number of ketones is 2. The summed E-state index contributed by atoms with van der Waals surface area (Å²) >= 11 is 0. The van der Waals surface area contributed by atoms with E-state index in [1.165, 1.54) is 43.4 Å². The average molecular weight is 1460 g/mol. The van der Waals surface area contributed by atoms with Gasteiger partial charge in [0, 0.05) is 123 Å². The number of fused-ring (bicyclic) bond motifs is 18. The largest absolute Gasteiger partial charge is 0.317 e. The van der Waals surface area contributed by atoms with Crippen LogP contribution in [0.15, 0.2) is 413 Å². The maximum Gasteiger partial charge on any atom is 0.262 e. The third-order valence-electron chi connectivity index (χ3n) is 22.6. The second kappa shape index (κ2) is 27.6. The molecule has 0 aliphatic carbocycles. The molecule has 114 heavy (non-hydrogen) atoms. The number of para-hydroxylation sites is 6. The molecule has 0 aliphatic heterocycles. The molecule has 23 aromatic rings. The Morgan fingerprint density at radius 3 is 0.965 bits per heavy atom. The number of carbonyl (C=O) groups excluding carboxylic acids is 3. The van der Waals surface area contributed by atoms with Gasteiger partial charge in [0.25, 0.3) is 5.91 Å². The highest BCUT2D eigenvalue weighted by molar-refractivity contribution is 6.26. The van der Waals surface area contributed by atoms with Crippen LogP contribution in [0.25, 0.3) is 159 Å². The molecular formula is C105H68N6O3. The van der Waals surface area contributed by atoms with E-state index in [1.54, 1.807) is 0 Å². The molecule has 0 N–H and O–H groups in total. The highest BCUT2D eigenvalue weighted by atomic mass is 16.2. The van der Waals surface area contributed by atoms with Crippen molar-refractivity contribution in [1.82, 2.24) is 27.4 Å². The Bertz CT molecular complexity index is 7790. The molecule has 9 nitrogen and oxygen atoms in total. The molecule has 0 aliphatic rings. The zero-order valence-corrected chi connectivity index (χ0v) is 61.7. The van der Waals surface area contributed by atoms with Crippen LogP contribution in [0.1, 0.15) is 42.2 Å². The Kier molecular flexibility index (Phi) is 16.1. The van der Waals surface area contributed by atoms with Gasteiger partial charge in [-0.05, 0) is 202 Å². The summed E-state index contributed by atoms with van der Waals surface area (Å²) in [7, 11) is 0. The zero-order chi connectivity index (χ0) is 75.9. The molecule has 6 heterocycles. The topological polar surface area (TPSA) is 80.8 Å².